The topological polar surface area (TPSA) is 21.8 Å². The molecule has 0 spiro atoms. The van der Waals surface area contributed by atoms with Gasteiger partial charge in [-0.2, -0.15) is 0 Å². The molecule has 0 N–H and O–H groups in total. The van der Waals surface area contributed by atoms with E-state index in [0.29, 0.717) is 12.7 Å². The van der Waals surface area contributed by atoms with Gasteiger partial charge in [0.25, 0.3) is 0 Å². The maximum Gasteiger partial charge on any atom is 0.119 e. The van der Waals surface area contributed by atoms with Crippen molar-refractivity contribution in [2.45, 2.75) is 32.8 Å². The van der Waals surface area contributed by atoms with Crippen molar-refractivity contribution in [3.05, 3.63) is 64.5 Å². The normalized spacial score (nSPS) is 20.4. The summed E-state index contributed by atoms with van der Waals surface area (Å²) in [5, 5.41) is 2.74. The van der Waals surface area contributed by atoms with E-state index in [0.717, 1.165) is 25.2 Å². The number of hydrogen-bond donors (Lipinski definition) is 0. The summed E-state index contributed by atoms with van der Waals surface area (Å²) in [4.78, 5) is 0. The first-order valence-electron chi connectivity index (χ1n) is 8.93. The van der Waals surface area contributed by atoms with Crippen molar-refractivity contribution >= 4 is 11.6 Å². The van der Waals surface area contributed by atoms with E-state index in [1.165, 1.54) is 21.6 Å². The number of hydrogen-bond acceptors (Lipinski definition) is 2. The Morgan fingerprint density at radius 1 is 1.04 bits per heavy atom. The van der Waals surface area contributed by atoms with E-state index in [-0.39, 0.29) is 5.41 Å². The number of benzene rings is 2. The van der Waals surface area contributed by atoms with Crippen molar-refractivity contribution in [3.63, 3.8) is 0 Å². The largest absolute Gasteiger partial charge is 0.491 e. The lowest BCUT2D eigenvalue weighted by molar-refractivity contribution is 0.263. The first-order valence-corrected chi connectivity index (χ1v) is 8.93. The lowest BCUT2D eigenvalue weighted by Gasteiger charge is -2.29. The summed E-state index contributed by atoms with van der Waals surface area (Å²) < 4.78 is 11.0. The Hall–Kier alpha value is -2.06. The number of epoxide rings is 1. The second-order valence-electron chi connectivity index (χ2n) is 6.76. The smallest absolute Gasteiger partial charge is 0.119 e. The highest BCUT2D eigenvalue weighted by atomic mass is 16.6. The first kappa shape index (κ1) is 15.5. The molecule has 24 heavy (non-hydrogen) atoms. The van der Waals surface area contributed by atoms with Gasteiger partial charge >= 0.3 is 0 Å². The van der Waals surface area contributed by atoms with Crippen LogP contribution in [0, 0.1) is 5.41 Å². The molecule has 2 aliphatic rings. The van der Waals surface area contributed by atoms with E-state index in [1.54, 1.807) is 0 Å². The molecular formula is C22H24O2. The molecule has 4 rings (SSSR count). The number of ether oxygens (including phenoxy) is 2. The number of fused-ring (bicyclic) bond motifs is 1. The zero-order valence-corrected chi connectivity index (χ0v) is 14.4. The van der Waals surface area contributed by atoms with Gasteiger partial charge in [0.05, 0.1) is 6.61 Å². The van der Waals surface area contributed by atoms with Gasteiger partial charge in [0.1, 0.15) is 18.5 Å². The third-order valence-electron chi connectivity index (χ3n) is 5.40. The second kappa shape index (κ2) is 6.10. The molecule has 0 aromatic heterocycles. The van der Waals surface area contributed by atoms with Crippen molar-refractivity contribution in [1.82, 2.24) is 0 Å². The van der Waals surface area contributed by atoms with E-state index in [4.69, 9.17) is 9.47 Å². The molecular weight excluding hydrogens is 296 g/mol. The third-order valence-corrected chi connectivity index (χ3v) is 5.40. The van der Waals surface area contributed by atoms with Gasteiger partial charge in [-0.3, -0.25) is 0 Å². The average Bonchev–Trinajstić information content (AvgIpc) is 3.40. The number of rotatable bonds is 6. The molecule has 0 bridgehead atoms. The molecule has 2 aromatic carbocycles. The van der Waals surface area contributed by atoms with E-state index >= 15 is 0 Å². The van der Waals surface area contributed by atoms with E-state index in [9.17, 15) is 0 Å². The summed E-state index contributed by atoms with van der Waals surface area (Å²) in [7, 11) is 0. The van der Waals surface area contributed by atoms with Gasteiger partial charge in [-0.1, -0.05) is 56.3 Å². The van der Waals surface area contributed by atoms with Crippen molar-refractivity contribution in [2.24, 2.45) is 5.41 Å². The highest BCUT2D eigenvalue weighted by molar-refractivity contribution is 5.79. The minimum absolute atomic E-state index is 0.133. The first-order chi connectivity index (χ1) is 11.8. The summed E-state index contributed by atoms with van der Waals surface area (Å²) in [5.74, 6) is 0.920. The monoisotopic (exact) mass is 320 g/mol. The molecule has 0 radical (unpaired) electrons. The van der Waals surface area contributed by atoms with Crippen molar-refractivity contribution in [3.8, 4) is 5.75 Å². The van der Waals surface area contributed by atoms with Crippen LogP contribution in [-0.2, 0) is 4.74 Å². The van der Waals surface area contributed by atoms with E-state index in [2.05, 4.69) is 68.5 Å². The average molecular weight is 320 g/mol. The minimum Gasteiger partial charge on any atom is -0.491 e. The second-order valence-corrected chi connectivity index (χ2v) is 6.76. The summed E-state index contributed by atoms with van der Waals surface area (Å²) in [5.41, 5.74) is 2.89. The Balaban J connectivity index is 1.74. The van der Waals surface area contributed by atoms with Crippen molar-refractivity contribution in [2.75, 3.05) is 13.2 Å². The van der Waals surface area contributed by atoms with Crippen LogP contribution in [-0.4, -0.2) is 19.3 Å². The van der Waals surface area contributed by atoms with Crippen LogP contribution in [0.2, 0.25) is 0 Å². The molecule has 1 aliphatic carbocycles. The van der Waals surface area contributed by atoms with Crippen molar-refractivity contribution in [1.29, 1.82) is 0 Å². The van der Waals surface area contributed by atoms with Crippen LogP contribution < -0.4 is 15.2 Å². The predicted octanol–water partition coefficient (Wildman–Crippen LogP) is 3.26. The summed E-state index contributed by atoms with van der Waals surface area (Å²) in [6.07, 6.45) is 4.99. The summed E-state index contributed by atoms with van der Waals surface area (Å²) in [6.45, 7) is 6.07. The fourth-order valence-corrected chi connectivity index (χ4v) is 3.81. The van der Waals surface area contributed by atoms with E-state index < -0.39 is 0 Å². The Bertz CT molecular complexity index is 840. The van der Waals surface area contributed by atoms with Gasteiger partial charge in [-0.05, 0) is 46.5 Å². The van der Waals surface area contributed by atoms with Crippen LogP contribution in [0.5, 0.6) is 5.75 Å². The fourth-order valence-electron chi connectivity index (χ4n) is 3.81. The molecule has 1 unspecified atom stereocenters. The molecule has 1 atom stereocenters. The minimum atomic E-state index is 0.133. The van der Waals surface area contributed by atoms with Crippen LogP contribution in [0.1, 0.15) is 32.3 Å². The third kappa shape index (κ3) is 2.65. The van der Waals surface area contributed by atoms with Crippen LogP contribution >= 0.6 is 0 Å². The Labute approximate surface area is 143 Å². The van der Waals surface area contributed by atoms with Crippen LogP contribution in [0.25, 0.3) is 11.6 Å². The maximum atomic E-state index is 5.78. The van der Waals surface area contributed by atoms with Crippen LogP contribution in [0.4, 0.5) is 0 Å². The van der Waals surface area contributed by atoms with E-state index in [1.807, 2.05) is 0 Å². The van der Waals surface area contributed by atoms with Gasteiger partial charge in [-0.25, -0.2) is 0 Å². The quantitative estimate of drug-likeness (QED) is 0.762. The van der Waals surface area contributed by atoms with Gasteiger partial charge < -0.3 is 9.47 Å². The van der Waals surface area contributed by atoms with Gasteiger partial charge in [0, 0.05) is 5.41 Å². The Kier molecular flexibility index (Phi) is 3.93. The van der Waals surface area contributed by atoms with Gasteiger partial charge in [0.15, 0.2) is 0 Å². The molecule has 2 nitrogen and oxygen atoms in total. The maximum absolute atomic E-state index is 5.78. The van der Waals surface area contributed by atoms with Crippen LogP contribution in [0.3, 0.4) is 0 Å². The molecule has 2 heteroatoms. The lowest BCUT2D eigenvalue weighted by Crippen LogP contribution is -2.23. The SMILES string of the molecule is CCC1(CC)C=c2ccccc2=C1c1ccc(OCC2CO2)cc1. The molecule has 0 amide bonds. The Morgan fingerprint density at radius 3 is 2.42 bits per heavy atom. The molecule has 0 saturated carbocycles. The molecule has 1 fully saturated rings. The van der Waals surface area contributed by atoms with Gasteiger partial charge in [-0.15, -0.1) is 0 Å². The molecule has 1 heterocycles. The standard InChI is InChI=1S/C22H24O2/c1-3-22(4-2)13-17-7-5-6-8-20(17)21(22)16-9-11-18(12-10-16)23-14-19-15-24-19/h5-13,19H,3-4,14-15H2,1-2H3. The molecule has 2 aromatic rings. The van der Waals surface area contributed by atoms with Gasteiger partial charge in [0.2, 0.25) is 0 Å². The van der Waals surface area contributed by atoms with Crippen molar-refractivity contribution < 1.29 is 9.47 Å². The zero-order valence-electron chi connectivity index (χ0n) is 14.4. The molecule has 1 saturated heterocycles. The molecule has 1 aliphatic heterocycles. The Morgan fingerprint density at radius 2 is 1.75 bits per heavy atom. The molecule has 124 valence electrons. The zero-order chi connectivity index (χ0) is 16.6. The lowest BCUT2D eigenvalue weighted by atomic mass is 9.74. The summed E-state index contributed by atoms with van der Waals surface area (Å²) >= 11 is 0. The van der Waals surface area contributed by atoms with Crippen LogP contribution in [0.15, 0.2) is 48.5 Å². The highest BCUT2D eigenvalue weighted by Crippen LogP contribution is 2.42. The highest BCUT2D eigenvalue weighted by Gasteiger charge is 2.33. The predicted molar refractivity (Wildman–Crippen MR) is 97.4 cm³/mol. The fraction of sp³-hybridized carbons (Fsp3) is 0.364. The summed E-state index contributed by atoms with van der Waals surface area (Å²) in [6, 6.07) is 17.3.